The van der Waals surface area contributed by atoms with Crippen molar-refractivity contribution in [3.05, 3.63) is 41.9 Å². The quantitative estimate of drug-likeness (QED) is 0.851. The van der Waals surface area contributed by atoms with Gasteiger partial charge >= 0.3 is 5.97 Å². The molecule has 0 saturated carbocycles. The number of rotatable bonds is 4. The summed E-state index contributed by atoms with van der Waals surface area (Å²) >= 11 is 0. The van der Waals surface area contributed by atoms with Crippen LogP contribution >= 0.6 is 0 Å². The highest BCUT2D eigenvalue weighted by molar-refractivity contribution is 5.96. The number of nitrogens with one attached hydrogen (secondary N) is 1. The van der Waals surface area contributed by atoms with Crippen molar-refractivity contribution in [2.24, 2.45) is 0 Å². The van der Waals surface area contributed by atoms with Crippen LogP contribution in [0.5, 0.6) is 0 Å². The number of hydrogen-bond donors (Lipinski definition) is 1. The van der Waals surface area contributed by atoms with E-state index in [0.29, 0.717) is 5.76 Å². The minimum atomic E-state index is -0.971. The van der Waals surface area contributed by atoms with Crippen LogP contribution in [0.4, 0.5) is 5.82 Å². The second-order valence-corrected chi connectivity index (χ2v) is 4.07. The zero-order valence-electron chi connectivity index (χ0n) is 11.0. The Morgan fingerprint density at radius 2 is 2.20 bits per heavy atom. The van der Waals surface area contributed by atoms with Crippen molar-refractivity contribution in [2.45, 2.75) is 20.0 Å². The molecule has 2 rings (SSSR count). The number of hydrogen-bond acceptors (Lipinski definition) is 6. The smallest absolute Gasteiger partial charge is 0.357 e. The van der Waals surface area contributed by atoms with Crippen molar-refractivity contribution in [1.29, 1.82) is 0 Å². The monoisotopic (exact) mass is 275 g/mol. The Morgan fingerprint density at radius 1 is 1.40 bits per heavy atom. The molecule has 0 fully saturated rings. The molecule has 2 aromatic rings. The van der Waals surface area contributed by atoms with Crippen LogP contribution in [0.25, 0.3) is 0 Å². The average Bonchev–Trinajstić information content (AvgIpc) is 2.85. The van der Waals surface area contributed by atoms with Crippen LogP contribution in [0.1, 0.15) is 23.2 Å². The van der Waals surface area contributed by atoms with Gasteiger partial charge in [0.05, 0.1) is 0 Å². The van der Waals surface area contributed by atoms with Crippen LogP contribution in [0.2, 0.25) is 0 Å². The van der Waals surface area contributed by atoms with Crippen LogP contribution in [-0.4, -0.2) is 28.1 Å². The number of aryl methyl sites for hydroxylation is 1. The van der Waals surface area contributed by atoms with Crippen LogP contribution in [0.3, 0.4) is 0 Å². The summed E-state index contributed by atoms with van der Waals surface area (Å²) in [7, 11) is 0. The third kappa shape index (κ3) is 3.41. The molecule has 0 aliphatic rings. The van der Waals surface area contributed by atoms with Gasteiger partial charge in [-0.2, -0.15) is 0 Å². The largest absolute Gasteiger partial charge is 0.448 e. The molecule has 2 heterocycles. The first-order valence-electron chi connectivity index (χ1n) is 5.92. The summed E-state index contributed by atoms with van der Waals surface area (Å²) in [6, 6.07) is 6.41. The molecule has 7 heteroatoms. The van der Waals surface area contributed by atoms with Crippen molar-refractivity contribution in [3.8, 4) is 0 Å². The molecule has 0 bridgehead atoms. The van der Waals surface area contributed by atoms with Gasteiger partial charge in [0, 0.05) is 12.3 Å². The molecule has 1 atom stereocenters. The number of ether oxygens (including phenoxy) is 1. The first kappa shape index (κ1) is 13.7. The zero-order chi connectivity index (χ0) is 14.5. The molecule has 7 nitrogen and oxygen atoms in total. The molecule has 1 unspecified atom stereocenters. The zero-order valence-corrected chi connectivity index (χ0v) is 11.0. The summed E-state index contributed by atoms with van der Waals surface area (Å²) in [5.74, 6) is -0.321. The highest BCUT2D eigenvalue weighted by atomic mass is 16.5. The lowest BCUT2D eigenvalue weighted by Crippen LogP contribution is -2.30. The molecular weight excluding hydrogens is 262 g/mol. The molecule has 2 aromatic heterocycles. The number of aromatic nitrogens is 2. The maximum Gasteiger partial charge on any atom is 0.357 e. The van der Waals surface area contributed by atoms with Crippen LogP contribution in [0, 0.1) is 6.92 Å². The van der Waals surface area contributed by atoms with Crippen molar-refractivity contribution in [3.63, 3.8) is 0 Å². The van der Waals surface area contributed by atoms with Gasteiger partial charge in [-0.15, -0.1) is 0 Å². The van der Waals surface area contributed by atoms with E-state index in [1.54, 1.807) is 25.1 Å². The highest BCUT2D eigenvalue weighted by Crippen LogP contribution is 2.08. The first-order valence-corrected chi connectivity index (χ1v) is 5.92. The van der Waals surface area contributed by atoms with Gasteiger partial charge in [0.1, 0.15) is 11.5 Å². The maximum absolute atomic E-state index is 11.8. The molecule has 0 saturated heterocycles. The summed E-state index contributed by atoms with van der Waals surface area (Å²) in [6.45, 7) is 3.16. The van der Waals surface area contributed by atoms with Crippen molar-refractivity contribution >= 4 is 17.7 Å². The molecule has 0 aromatic carbocycles. The fourth-order valence-corrected chi connectivity index (χ4v) is 1.41. The minimum Gasteiger partial charge on any atom is -0.448 e. The fourth-order valence-electron chi connectivity index (χ4n) is 1.41. The molecule has 0 radical (unpaired) electrons. The normalized spacial score (nSPS) is 11.7. The molecule has 0 spiro atoms. The summed E-state index contributed by atoms with van der Waals surface area (Å²) in [4.78, 5) is 27.4. The van der Waals surface area contributed by atoms with Gasteiger partial charge in [-0.05, 0) is 26.0 Å². The first-order chi connectivity index (χ1) is 9.56. The van der Waals surface area contributed by atoms with Gasteiger partial charge in [-0.3, -0.25) is 4.79 Å². The van der Waals surface area contributed by atoms with Crippen LogP contribution < -0.4 is 5.32 Å². The average molecular weight is 275 g/mol. The van der Waals surface area contributed by atoms with E-state index in [-0.39, 0.29) is 11.5 Å². The minimum absolute atomic E-state index is 0.143. The summed E-state index contributed by atoms with van der Waals surface area (Å²) in [6.07, 6.45) is 0.501. The van der Waals surface area contributed by atoms with E-state index in [0.717, 1.165) is 0 Å². The second-order valence-electron chi connectivity index (χ2n) is 4.07. The number of esters is 1. The van der Waals surface area contributed by atoms with Gasteiger partial charge in [0.25, 0.3) is 5.91 Å². The SMILES string of the molecule is Cc1cc(NC(=O)C(C)OC(=O)c2ccccn2)no1. The molecule has 1 amide bonds. The van der Waals surface area contributed by atoms with Gasteiger partial charge in [-0.25, -0.2) is 9.78 Å². The Hall–Kier alpha value is -2.70. The van der Waals surface area contributed by atoms with Crippen LogP contribution in [-0.2, 0) is 9.53 Å². The standard InChI is InChI=1S/C13H13N3O4/c1-8-7-11(16-20-8)15-12(17)9(2)19-13(18)10-5-3-4-6-14-10/h3-7,9H,1-2H3,(H,15,16,17). The Morgan fingerprint density at radius 3 is 2.80 bits per heavy atom. The molecule has 1 N–H and O–H groups in total. The summed E-state index contributed by atoms with van der Waals surface area (Å²) in [5.41, 5.74) is 0.143. The van der Waals surface area contributed by atoms with Gasteiger partial charge < -0.3 is 14.6 Å². The summed E-state index contributed by atoms with van der Waals surface area (Å²) < 4.78 is 9.82. The fraction of sp³-hybridized carbons (Fsp3) is 0.231. The predicted molar refractivity (Wildman–Crippen MR) is 69.0 cm³/mol. The molecule has 0 aliphatic carbocycles. The van der Waals surface area contributed by atoms with E-state index in [9.17, 15) is 9.59 Å². The number of pyridine rings is 1. The lowest BCUT2D eigenvalue weighted by atomic mass is 10.3. The lowest BCUT2D eigenvalue weighted by molar-refractivity contribution is -0.123. The van der Waals surface area contributed by atoms with Gasteiger partial charge in [0.15, 0.2) is 11.9 Å². The molecule has 20 heavy (non-hydrogen) atoms. The second kappa shape index (κ2) is 5.96. The summed E-state index contributed by atoms with van der Waals surface area (Å²) in [5, 5.41) is 6.09. The molecule has 0 aliphatic heterocycles. The third-order valence-electron chi connectivity index (χ3n) is 2.41. The Bertz CT molecular complexity index is 609. The predicted octanol–water partition coefficient (Wildman–Crippen LogP) is 1.56. The number of nitrogens with zero attached hydrogens (tertiary/aromatic N) is 2. The van der Waals surface area contributed by atoms with Gasteiger partial charge in [0.2, 0.25) is 0 Å². The Kier molecular flexibility index (Phi) is 4.09. The van der Waals surface area contributed by atoms with Crippen molar-refractivity contribution in [1.82, 2.24) is 10.1 Å². The van der Waals surface area contributed by atoms with Crippen molar-refractivity contribution < 1.29 is 18.8 Å². The lowest BCUT2D eigenvalue weighted by Gasteiger charge is -2.11. The van der Waals surface area contributed by atoms with E-state index in [1.165, 1.54) is 19.2 Å². The molecule has 104 valence electrons. The Labute approximate surface area is 114 Å². The Balaban J connectivity index is 1.92. The van der Waals surface area contributed by atoms with Gasteiger partial charge in [-0.1, -0.05) is 11.2 Å². The number of anilines is 1. The topological polar surface area (TPSA) is 94.3 Å². The maximum atomic E-state index is 11.8. The van der Waals surface area contributed by atoms with E-state index in [2.05, 4.69) is 15.5 Å². The van der Waals surface area contributed by atoms with E-state index in [4.69, 9.17) is 9.26 Å². The van der Waals surface area contributed by atoms with E-state index >= 15 is 0 Å². The third-order valence-corrected chi connectivity index (χ3v) is 2.41. The van der Waals surface area contributed by atoms with Crippen molar-refractivity contribution in [2.75, 3.05) is 5.32 Å². The number of carbonyl (C=O) groups excluding carboxylic acids is 2. The molecular formula is C13H13N3O4. The van der Waals surface area contributed by atoms with E-state index < -0.39 is 18.0 Å². The number of amides is 1. The number of carbonyl (C=O) groups is 2. The van der Waals surface area contributed by atoms with Crippen LogP contribution in [0.15, 0.2) is 35.0 Å². The highest BCUT2D eigenvalue weighted by Gasteiger charge is 2.20. The van der Waals surface area contributed by atoms with E-state index in [1.807, 2.05) is 0 Å².